The number of nitrogens with one attached hydrogen (secondary N) is 1. The number of rotatable bonds is 6. The summed E-state index contributed by atoms with van der Waals surface area (Å²) in [5, 5.41) is 8.70. The third-order valence-electron chi connectivity index (χ3n) is 3.76. The van der Waals surface area contributed by atoms with Gasteiger partial charge in [0.1, 0.15) is 17.2 Å². The van der Waals surface area contributed by atoms with E-state index in [-0.39, 0.29) is 23.5 Å². The van der Waals surface area contributed by atoms with Gasteiger partial charge in [-0.1, -0.05) is 18.7 Å². The molecule has 1 aromatic carbocycles. The minimum absolute atomic E-state index is 0.0305. The standard InChI is InChI=1S/C17H18FN5OS/c1-3-11(2)22-15(24)9-25-17-14-8-21-23(16(14)19-10-20-17)13-6-4-12(18)5-7-13/h4-8,10-11H,3,9H2,1-2H3,(H,22,24)/t11-/m0/s1. The minimum atomic E-state index is -0.307. The van der Waals surface area contributed by atoms with Crippen molar-refractivity contribution in [2.75, 3.05) is 5.75 Å². The lowest BCUT2D eigenvalue weighted by atomic mass is 10.3. The molecule has 2 heterocycles. The van der Waals surface area contributed by atoms with E-state index in [0.717, 1.165) is 11.8 Å². The summed E-state index contributed by atoms with van der Waals surface area (Å²) in [7, 11) is 0. The van der Waals surface area contributed by atoms with Gasteiger partial charge in [-0.15, -0.1) is 0 Å². The van der Waals surface area contributed by atoms with Gasteiger partial charge in [0.2, 0.25) is 5.91 Å². The first kappa shape index (κ1) is 17.3. The first-order chi connectivity index (χ1) is 12.1. The average molecular weight is 359 g/mol. The molecule has 2 aromatic heterocycles. The number of nitrogens with zero attached hydrogens (tertiary/aromatic N) is 4. The Labute approximate surface area is 148 Å². The summed E-state index contributed by atoms with van der Waals surface area (Å²) in [5.41, 5.74) is 1.33. The summed E-state index contributed by atoms with van der Waals surface area (Å²) in [6.07, 6.45) is 3.99. The van der Waals surface area contributed by atoms with Gasteiger partial charge in [-0.25, -0.2) is 19.0 Å². The van der Waals surface area contributed by atoms with Crippen LogP contribution in [0.5, 0.6) is 0 Å². The SMILES string of the molecule is CC[C@H](C)NC(=O)CSc1ncnc2c1cnn2-c1ccc(F)cc1. The molecule has 6 nitrogen and oxygen atoms in total. The minimum Gasteiger partial charge on any atom is -0.353 e. The second-order valence-corrected chi connectivity index (χ2v) is 6.58. The predicted molar refractivity (Wildman–Crippen MR) is 95.2 cm³/mol. The summed E-state index contributed by atoms with van der Waals surface area (Å²) in [6, 6.07) is 6.17. The van der Waals surface area contributed by atoms with Crippen LogP contribution >= 0.6 is 11.8 Å². The van der Waals surface area contributed by atoms with Crippen LogP contribution in [0.1, 0.15) is 20.3 Å². The Morgan fingerprint density at radius 3 is 2.80 bits per heavy atom. The summed E-state index contributed by atoms with van der Waals surface area (Å²) >= 11 is 1.34. The molecule has 0 saturated heterocycles. The third kappa shape index (κ3) is 3.96. The molecule has 1 amide bonds. The third-order valence-corrected chi connectivity index (χ3v) is 4.77. The van der Waals surface area contributed by atoms with Crippen molar-refractivity contribution < 1.29 is 9.18 Å². The van der Waals surface area contributed by atoms with E-state index in [4.69, 9.17) is 0 Å². The van der Waals surface area contributed by atoms with Crippen LogP contribution in [0.25, 0.3) is 16.7 Å². The molecule has 8 heteroatoms. The second kappa shape index (κ2) is 7.60. The van der Waals surface area contributed by atoms with Crippen molar-refractivity contribution >= 4 is 28.7 Å². The fourth-order valence-electron chi connectivity index (χ4n) is 2.26. The largest absolute Gasteiger partial charge is 0.353 e. The van der Waals surface area contributed by atoms with Crippen LogP contribution in [0.3, 0.4) is 0 Å². The van der Waals surface area contributed by atoms with Crippen molar-refractivity contribution in [3.8, 4) is 5.69 Å². The van der Waals surface area contributed by atoms with Gasteiger partial charge in [0, 0.05) is 6.04 Å². The van der Waals surface area contributed by atoms with Crippen LogP contribution in [0.2, 0.25) is 0 Å². The number of benzene rings is 1. The van der Waals surface area contributed by atoms with E-state index in [0.29, 0.717) is 16.4 Å². The van der Waals surface area contributed by atoms with E-state index in [1.165, 1.54) is 30.2 Å². The maximum absolute atomic E-state index is 13.1. The van der Waals surface area contributed by atoms with Crippen LogP contribution in [0.4, 0.5) is 4.39 Å². The molecule has 25 heavy (non-hydrogen) atoms. The van der Waals surface area contributed by atoms with Gasteiger partial charge < -0.3 is 5.32 Å². The van der Waals surface area contributed by atoms with Crippen molar-refractivity contribution in [1.29, 1.82) is 0 Å². The fourth-order valence-corrected chi connectivity index (χ4v) is 3.03. The molecule has 0 unspecified atom stereocenters. The Morgan fingerprint density at radius 1 is 1.32 bits per heavy atom. The molecule has 130 valence electrons. The van der Waals surface area contributed by atoms with Crippen molar-refractivity contribution in [3.63, 3.8) is 0 Å². The molecule has 1 N–H and O–H groups in total. The van der Waals surface area contributed by atoms with E-state index in [1.54, 1.807) is 23.0 Å². The first-order valence-electron chi connectivity index (χ1n) is 7.95. The van der Waals surface area contributed by atoms with Crippen LogP contribution in [-0.4, -0.2) is 37.5 Å². The maximum atomic E-state index is 13.1. The van der Waals surface area contributed by atoms with Crippen molar-refractivity contribution in [2.45, 2.75) is 31.3 Å². The van der Waals surface area contributed by atoms with Crippen molar-refractivity contribution in [1.82, 2.24) is 25.1 Å². The first-order valence-corrected chi connectivity index (χ1v) is 8.94. The van der Waals surface area contributed by atoms with Gasteiger partial charge in [0.05, 0.1) is 23.0 Å². The molecule has 3 rings (SSSR count). The van der Waals surface area contributed by atoms with Gasteiger partial charge in [0.25, 0.3) is 0 Å². The topological polar surface area (TPSA) is 72.7 Å². The fraction of sp³-hybridized carbons (Fsp3) is 0.294. The molecule has 0 fully saturated rings. The Bertz CT molecular complexity index is 880. The van der Waals surface area contributed by atoms with Gasteiger partial charge >= 0.3 is 0 Å². The van der Waals surface area contributed by atoms with E-state index in [2.05, 4.69) is 20.4 Å². The zero-order valence-electron chi connectivity index (χ0n) is 13.9. The normalized spacial score (nSPS) is 12.3. The molecular formula is C17H18FN5OS. The quantitative estimate of drug-likeness (QED) is 0.541. The highest BCUT2D eigenvalue weighted by molar-refractivity contribution is 8.00. The molecular weight excluding hydrogens is 341 g/mol. The smallest absolute Gasteiger partial charge is 0.230 e. The van der Waals surface area contributed by atoms with Crippen LogP contribution in [0, 0.1) is 5.82 Å². The molecule has 0 aliphatic carbocycles. The number of carbonyl (C=O) groups excluding carboxylic acids is 1. The average Bonchev–Trinajstić information content (AvgIpc) is 3.05. The molecule has 3 aromatic rings. The number of hydrogen-bond acceptors (Lipinski definition) is 5. The Balaban J connectivity index is 1.81. The van der Waals surface area contributed by atoms with Gasteiger partial charge in [-0.3, -0.25) is 4.79 Å². The van der Waals surface area contributed by atoms with Gasteiger partial charge in [0.15, 0.2) is 5.65 Å². The monoisotopic (exact) mass is 359 g/mol. The van der Waals surface area contributed by atoms with Crippen LogP contribution in [0.15, 0.2) is 41.8 Å². The Kier molecular flexibility index (Phi) is 5.28. The zero-order valence-corrected chi connectivity index (χ0v) is 14.8. The van der Waals surface area contributed by atoms with Crippen molar-refractivity contribution in [3.05, 3.63) is 42.6 Å². The lowest BCUT2D eigenvalue weighted by Gasteiger charge is -2.10. The van der Waals surface area contributed by atoms with Crippen LogP contribution in [-0.2, 0) is 4.79 Å². The van der Waals surface area contributed by atoms with E-state index in [9.17, 15) is 9.18 Å². The van der Waals surface area contributed by atoms with Crippen molar-refractivity contribution in [2.24, 2.45) is 0 Å². The number of hydrogen-bond donors (Lipinski definition) is 1. The number of fused-ring (bicyclic) bond motifs is 1. The van der Waals surface area contributed by atoms with Gasteiger partial charge in [-0.2, -0.15) is 5.10 Å². The molecule has 0 radical (unpaired) electrons. The lowest BCUT2D eigenvalue weighted by Crippen LogP contribution is -2.33. The highest BCUT2D eigenvalue weighted by atomic mass is 32.2. The molecule has 0 aliphatic heterocycles. The molecule has 0 spiro atoms. The molecule has 0 saturated carbocycles. The van der Waals surface area contributed by atoms with E-state index in [1.807, 2.05) is 13.8 Å². The molecule has 0 bridgehead atoms. The highest BCUT2D eigenvalue weighted by Gasteiger charge is 2.13. The van der Waals surface area contributed by atoms with Gasteiger partial charge in [-0.05, 0) is 37.6 Å². The lowest BCUT2D eigenvalue weighted by molar-refractivity contribution is -0.119. The number of aromatic nitrogens is 4. The second-order valence-electron chi connectivity index (χ2n) is 5.61. The number of halogens is 1. The van der Waals surface area contributed by atoms with Crippen LogP contribution < -0.4 is 5.32 Å². The molecule has 0 aliphatic rings. The summed E-state index contributed by atoms with van der Waals surface area (Å²) in [6.45, 7) is 3.99. The zero-order chi connectivity index (χ0) is 17.8. The molecule has 1 atom stereocenters. The summed E-state index contributed by atoms with van der Waals surface area (Å²) in [5.74, 6) is -0.0616. The summed E-state index contributed by atoms with van der Waals surface area (Å²) in [4.78, 5) is 20.5. The number of carbonyl (C=O) groups is 1. The number of amides is 1. The van der Waals surface area contributed by atoms with E-state index < -0.39 is 0 Å². The Morgan fingerprint density at radius 2 is 2.08 bits per heavy atom. The predicted octanol–water partition coefficient (Wildman–Crippen LogP) is 2.96. The maximum Gasteiger partial charge on any atom is 0.230 e. The highest BCUT2D eigenvalue weighted by Crippen LogP contribution is 2.25. The number of thioether (sulfide) groups is 1. The van der Waals surface area contributed by atoms with E-state index >= 15 is 0 Å². The summed E-state index contributed by atoms with van der Waals surface area (Å²) < 4.78 is 14.7. The Hall–Kier alpha value is -2.48.